The van der Waals surface area contributed by atoms with E-state index < -0.39 is 0 Å². The van der Waals surface area contributed by atoms with E-state index in [4.69, 9.17) is 0 Å². The summed E-state index contributed by atoms with van der Waals surface area (Å²) in [5, 5.41) is 2.79. The Morgan fingerprint density at radius 3 is 2.93 bits per heavy atom. The quantitative estimate of drug-likeness (QED) is 0.824. The Morgan fingerprint density at radius 1 is 1.50 bits per heavy atom. The van der Waals surface area contributed by atoms with Crippen molar-refractivity contribution in [2.24, 2.45) is 0 Å². The standard InChI is InChI=1S/C11H15NOS/c1-3-12-11(13)10-6-4-5-9(7-10)8-14-2/h4-7H,3,8H2,1-2H3,(H,12,13). The molecular formula is C11H15NOS. The van der Waals surface area contributed by atoms with Gasteiger partial charge < -0.3 is 5.32 Å². The lowest BCUT2D eigenvalue weighted by Gasteiger charge is -2.04. The van der Waals surface area contributed by atoms with Gasteiger partial charge in [0.25, 0.3) is 5.91 Å². The van der Waals surface area contributed by atoms with Gasteiger partial charge in [-0.1, -0.05) is 12.1 Å². The fraction of sp³-hybridized carbons (Fsp3) is 0.364. The van der Waals surface area contributed by atoms with Gasteiger partial charge in [0.2, 0.25) is 0 Å². The predicted molar refractivity (Wildman–Crippen MR) is 61.7 cm³/mol. The van der Waals surface area contributed by atoms with Crippen molar-refractivity contribution in [2.45, 2.75) is 12.7 Å². The summed E-state index contributed by atoms with van der Waals surface area (Å²) in [4.78, 5) is 11.5. The molecule has 0 saturated carbocycles. The van der Waals surface area contributed by atoms with Gasteiger partial charge in [-0.2, -0.15) is 11.8 Å². The third kappa shape index (κ3) is 3.07. The van der Waals surface area contributed by atoms with Crippen molar-refractivity contribution in [3.05, 3.63) is 35.4 Å². The van der Waals surface area contributed by atoms with Gasteiger partial charge >= 0.3 is 0 Å². The molecule has 1 N–H and O–H groups in total. The molecule has 0 aliphatic heterocycles. The molecule has 3 heteroatoms. The van der Waals surface area contributed by atoms with Gasteiger partial charge in [0.15, 0.2) is 0 Å². The molecule has 0 bridgehead atoms. The minimum Gasteiger partial charge on any atom is -0.352 e. The lowest BCUT2D eigenvalue weighted by atomic mass is 10.1. The molecule has 1 rings (SSSR count). The minimum absolute atomic E-state index is 0.00968. The number of hydrogen-bond donors (Lipinski definition) is 1. The van der Waals surface area contributed by atoms with E-state index in [2.05, 4.69) is 11.6 Å². The zero-order valence-corrected chi connectivity index (χ0v) is 9.36. The molecule has 1 amide bonds. The Hall–Kier alpha value is -0.960. The van der Waals surface area contributed by atoms with Gasteiger partial charge in [-0.15, -0.1) is 0 Å². The van der Waals surface area contributed by atoms with Crippen LogP contribution in [0, 0.1) is 0 Å². The van der Waals surface area contributed by atoms with E-state index in [1.54, 1.807) is 11.8 Å². The molecule has 0 aromatic heterocycles. The van der Waals surface area contributed by atoms with E-state index in [9.17, 15) is 4.79 Å². The SMILES string of the molecule is CCNC(=O)c1cccc(CSC)c1. The van der Waals surface area contributed by atoms with Crippen LogP contribution in [0.1, 0.15) is 22.8 Å². The summed E-state index contributed by atoms with van der Waals surface area (Å²) in [7, 11) is 0. The summed E-state index contributed by atoms with van der Waals surface area (Å²) in [5.41, 5.74) is 1.94. The van der Waals surface area contributed by atoms with E-state index in [0.29, 0.717) is 6.54 Å². The third-order valence-electron chi connectivity index (χ3n) is 1.84. The van der Waals surface area contributed by atoms with Crippen molar-refractivity contribution in [2.75, 3.05) is 12.8 Å². The highest BCUT2D eigenvalue weighted by Crippen LogP contribution is 2.11. The van der Waals surface area contributed by atoms with Gasteiger partial charge in [0.1, 0.15) is 0 Å². The molecule has 1 aromatic rings. The highest BCUT2D eigenvalue weighted by molar-refractivity contribution is 7.97. The lowest BCUT2D eigenvalue weighted by Crippen LogP contribution is -2.22. The van der Waals surface area contributed by atoms with Crippen molar-refractivity contribution in [3.8, 4) is 0 Å². The average Bonchev–Trinajstić information content (AvgIpc) is 2.19. The smallest absolute Gasteiger partial charge is 0.251 e. The van der Waals surface area contributed by atoms with E-state index in [-0.39, 0.29) is 5.91 Å². The summed E-state index contributed by atoms with van der Waals surface area (Å²) in [6.45, 7) is 2.59. The number of hydrogen-bond acceptors (Lipinski definition) is 2. The maximum atomic E-state index is 11.5. The third-order valence-corrected chi connectivity index (χ3v) is 2.46. The van der Waals surface area contributed by atoms with Crippen molar-refractivity contribution in [1.29, 1.82) is 0 Å². The van der Waals surface area contributed by atoms with Gasteiger partial charge in [0.05, 0.1) is 0 Å². The number of rotatable bonds is 4. The first kappa shape index (κ1) is 11.1. The molecule has 1 aromatic carbocycles. The first-order valence-corrected chi connectivity index (χ1v) is 6.03. The largest absolute Gasteiger partial charge is 0.352 e. The first-order valence-electron chi connectivity index (χ1n) is 4.64. The second-order valence-corrected chi connectivity index (χ2v) is 3.86. The monoisotopic (exact) mass is 209 g/mol. The van der Waals surface area contributed by atoms with Crippen molar-refractivity contribution < 1.29 is 4.79 Å². The topological polar surface area (TPSA) is 29.1 Å². The van der Waals surface area contributed by atoms with Gasteiger partial charge in [-0.25, -0.2) is 0 Å². The Morgan fingerprint density at radius 2 is 2.29 bits per heavy atom. The van der Waals surface area contributed by atoms with Crippen LogP contribution in [0.3, 0.4) is 0 Å². The van der Waals surface area contributed by atoms with Gasteiger partial charge in [-0.05, 0) is 30.9 Å². The summed E-state index contributed by atoms with van der Waals surface area (Å²) in [5.74, 6) is 0.961. The van der Waals surface area contributed by atoms with Crippen LogP contribution in [-0.2, 0) is 5.75 Å². The molecule has 14 heavy (non-hydrogen) atoms. The fourth-order valence-corrected chi connectivity index (χ4v) is 1.74. The maximum Gasteiger partial charge on any atom is 0.251 e. The normalized spacial score (nSPS) is 9.86. The number of carbonyl (C=O) groups is 1. The lowest BCUT2D eigenvalue weighted by molar-refractivity contribution is 0.0956. The van der Waals surface area contributed by atoms with Gasteiger partial charge in [-0.3, -0.25) is 4.79 Å². The van der Waals surface area contributed by atoms with E-state index in [1.165, 1.54) is 5.56 Å². The second kappa shape index (κ2) is 5.70. The summed E-state index contributed by atoms with van der Waals surface area (Å²) >= 11 is 1.76. The molecule has 0 radical (unpaired) electrons. The molecule has 0 fully saturated rings. The van der Waals surface area contributed by atoms with E-state index in [1.807, 2.05) is 31.2 Å². The van der Waals surface area contributed by atoms with Crippen molar-refractivity contribution in [1.82, 2.24) is 5.32 Å². The zero-order chi connectivity index (χ0) is 10.4. The van der Waals surface area contributed by atoms with Crippen LogP contribution < -0.4 is 5.32 Å². The molecule has 76 valence electrons. The maximum absolute atomic E-state index is 11.5. The Labute approximate surface area is 89.1 Å². The fourth-order valence-electron chi connectivity index (χ4n) is 1.23. The molecule has 0 heterocycles. The molecule has 0 aliphatic carbocycles. The van der Waals surface area contributed by atoms with Crippen molar-refractivity contribution in [3.63, 3.8) is 0 Å². The van der Waals surface area contributed by atoms with Crippen LogP contribution in [0.2, 0.25) is 0 Å². The summed E-state index contributed by atoms with van der Waals surface area (Å²) in [6.07, 6.45) is 2.05. The Kier molecular flexibility index (Phi) is 4.53. The zero-order valence-electron chi connectivity index (χ0n) is 8.54. The number of carbonyl (C=O) groups excluding carboxylic acids is 1. The highest BCUT2D eigenvalue weighted by Gasteiger charge is 2.03. The van der Waals surface area contributed by atoms with E-state index >= 15 is 0 Å². The van der Waals surface area contributed by atoms with E-state index in [0.717, 1.165) is 11.3 Å². The first-order chi connectivity index (χ1) is 6.77. The number of benzene rings is 1. The Bertz CT molecular complexity index is 312. The molecule has 0 unspecified atom stereocenters. The second-order valence-electron chi connectivity index (χ2n) is 2.99. The van der Waals surface area contributed by atoms with Crippen LogP contribution >= 0.6 is 11.8 Å². The average molecular weight is 209 g/mol. The molecule has 0 saturated heterocycles. The molecule has 0 spiro atoms. The Balaban J connectivity index is 2.77. The van der Waals surface area contributed by atoms with Crippen LogP contribution in [0.25, 0.3) is 0 Å². The number of amides is 1. The molecule has 2 nitrogen and oxygen atoms in total. The van der Waals surface area contributed by atoms with Crippen LogP contribution in [0.5, 0.6) is 0 Å². The van der Waals surface area contributed by atoms with Crippen LogP contribution in [0.4, 0.5) is 0 Å². The molecular weight excluding hydrogens is 194 g/mol. The van der Waals surface area contributed by atoms with Crippen LogP contribution in [0.15, 0.2) is 24.3 Å². The van der Waals surface area contributed by atoms with Crippen molar-refractivity contribution >= 4 is 17.7 Å². The summed E-state index contributed by atoms with van der Waals surface area (Å²) < 4.78 is 0. The highest BCUT2D eigenvalue weighted by atomic mass is 32.2. The minimum atomic E-state index is 0.00968. The summed E-state index contributed by atoms with van der Waals surface area (Å²) in [6, 6.07) is 7.76. The van der Waals surface area contributed by atoms with Gasteiger partial charge in [0, 0.05) is 17.9 Å². The number of thioether (sulfide) groups is 1. The molecule has 0 atom stereocenters. The molecule has 0 aliphatic rings. The van der Waals surface area contributed by atoms with Crippen LogP contribution in [-0.4, -0.2) is 18.7 Å². The predicted octanol–water partition coefficient (Wildman–Crippen LogP) is 2.30. The number of nitrogens with one attached hydrogen (secondary N) is 1.